The first-order valence-electron chi connectivity index (χ1n) is 8.51. The highest BCUT2D eigenvalue weighted by Gasteiger charge is 2.14. The summed E-state index contributed by atoms with van der Waals surface area (Å²) in [7, 11) is -3.65. The van der Waals surface area contributed by atoms with Crippen LogP contribution >= 0.6 is 34.8 Å². The first kappa shape index (κ1) is 22.4. The SMILES string of the molecule is O=C(/C=C/c1ccc(CNS(=O)(=O)c2ccccc2)o1)Nc1cc(Cl)c(Cl)cc1Cl. The maximum absolute atomic E-state index is 12.2. The van der Waals surface area contributed by atoms with Crippen molar-refractivity contribution in [2.45, 2.75) is 11.4 Å². The van der Waals surface area contributed by atoms with Gasteiger partial charge in [-0.1, -0.05) is 53.0 Å². The van der Waals surface area contributed by atoms with Gasteiger partial charge >= 0.3 is 0 Å². The number of halogens is 3. The summed E-state index contributed by atoms with van der Waals surface area (Å²) >= 11 is 17.8. The Morgan fingerprint density at radius 1 is 0.967 bits per heavy atom. The number of amides is 1. The number of carbonyl (C=O) groups excluding carboxylic acids is 1. The normalized spacial score (nSPS) is 11.7. The zero-order valence-corrected chi connectivity index (χ0v) is 18.3. The molecule has 1 heterocycles. The van der Waals surface area contributed by atoms with Crippen molar-refractivity contribution >= 4 is 62.5 Å². The Morgan fingerprint density at radius 3 is 2.40 bits per heavy atom. The molecule has 6 nitrogen and oxygen atoms in total. The van der Waals surface area contributed by atoms with Gasteiger partial charge in [-0.2, -0.15) is 0 Å². The third kappa shape index (κ3) is 5.87. The molecule has 0 saturated carbocycles. The molecule has 0 bridgehead atoms. The molecule has 0 aliphatic rings. The number of sulfonamides is 1. The fraction of sp³-hybridized carbons (Fsp3) is 0.0500. The lowest BCUT2D eigenvalue weighted by Gasteiger charge is -2.06. The van der Waals surface area contributed by atoms with Crippen molar-refractivity contribution in [3.63, 3.8) is 0 Å². The van der Waals surface area contributed by atoms with Crippen LogP contribution < -0.4 is 10.0 Å². The van der Waals surface area contributed by atoms with E-state index >= 15 is 0 Å². The highest BCUT2D eigenvalue weighted by atomic mass is 35.5. The largest absolute Gasteiger partial charge is 0.460 e. The van der Waals surface area contributed by atoms with Crippen molar-refractivity contribution in [1.82, 2.24) is 4.72 Å². The molecule has 0 radical (unpaired) electrons. The Labute approximate surface area is 188 Å². The van der Waals surface area contributed by atoms with Crippen molar-refractivity contribution in [2.24, 2.45) is 0 Å². The number of hydrogen-bond acceptors (Lipinski definition) is 4. The Morgan fingerprint density at radius 2 is 1.67 bits per heavy atom. The summed E-state index contributed by atoms with van der Waals surface area (Å²) in [5.74, 6) is 0.305. The monoisotopic (exact) mass is 484 g/mol. The molecule has 0 atom stereocenters. The van der Waals surface area contributed by atoms with Crippen LogP contribution in [0.2, 0.25) is 15.1 Å². The van der Waals surface area contributed by atoms with Crippen LogP contribution in [-0.2, 0) is 21.4 Å². The Bertz CT molecular complexity index is 1190. The van der Waals surface area contributed by atoms with Gasteiger partial charge in [0.15, 0.2) is 0 Å². The lowest BCUT2D eigenvalue weighted by atomic mass is 10.3. The first-order valence-corrected chi connectivity index (χ1v) is 11.1. The van der Waals surface area contributed by atoms with Gasteiger partial charge < -0.3 is 9.73 Å². The van der Waals surface area contributed by atoms with E-state index in [0.29, 0.717) is 17.2 Å². The quantitative estimate of drug-likeness (QED) is 0.348. The topological polar surface area (TPSA) is 88.4 Å². The van der Waals surface area contributed by atoms with Gasteiger partial charge in [0.25, 0.3) is 0 Å². The first-order chi connectivity index (χ1) is 14.2. The lowest BCUT2D eigenvalue weighted by molar-refractivity contribution is -0.111. The molecular formula is C20H15Cl3N2O4S. The second-order valence-corrected chi connectivity index (χ2v) is 9.00. The zero-order chi connectivity index (χ0) is 21.7. The van der Waals surface area contributed by atoms with Gasteiger partial charge in [0, 0.05) is 6.08 Å². The van der Waals surface area contributed by atoms with Crippen LogP contribution in [0.1, 0.15) is 11.5 Å². The molecule has 0 aliphatic heterocycles. The summed E-state index contributed by atoms with van der Waals surface area (Å²) in [6.07, 6.45) is 2.69. The molecular weight excluding hydrogens is 471 g/mol. The summed E-state index contributed by atoms with van der Waals surface area (Å²) < 4.78 is 32.4. The second-order valence-electron chi connectivity index (χ2n) is 6.01. The smallest absolute Gasteiger partial charge is 0.248 e. The minimum atomic E-state index is -3.65. The van der Waals surface area contributed by atoms with E-state index in [4.69, 9.17) is 39.2 Å². The highest BCUT2D eigenvalue weighted by Crippen LogP contribution is 2.32. The van der Waals surface area contributed by atoms with Crippen LogP contribution in [-0.4, -0.2) is 14.3 Å². The molecule has 2 aromatic carbocycles. The molecule has 30 heavy (non-hydrogen) atoms. The minimum Gasteiger partial charge on any atom is -0.460 e. The molecule has 156 valence electrons. The van der Waals surface area contributed by atoms with Crippen LogP contribution in [0.4, 0.5) is 5.69 Å². The van der Waals surface area contributed by atoms with Gasteiger partial charge in [0.2, 0.25) is 15.9 Å². The molecule has 0 aliphatic carbocycles. The van der Waals surface area contributed by atoms with E-state index in [9.17, 15) is 13.2 Å². The predicted molar refractivity (Wildman–Crippen MR) is 118 cm³/mol. The van der Waals surface area contributed by atoms with E-state index in [2.05, 4.69) is 10.0 Å². The van der Waals surface area contributed by atoms with Crippen LogP contribution in [0.3, 0.4) is 0 Å². The third-order valence-electron chi connectivity index (χ3n) is 3.84. The van der Waals surface area contributed by atoms with E-state index in [-0.39, 0.29) is 26.5 Å². The summed E-state index contributed by atoms with van der Waals surface area (Å²) in [6, 6.07) is 14.1. The van der Waals surface area contributed by atoms with Crippen molar-refractivity contribution in [2.75, 3.05) is 5.32 Å². The zero-order valence-electron chi connectivity index (χ0n) is 15.2. The number of hydrogen-bond donors (Lipinski definition) is 2. The van der Waals surface area contributed by atoms with Crippen molar-refractivity contribution < 1.29 is 17.6 Å². The van der Waals surface area contributed by atoms with Gasteiger partial charge in [0.1, 0.15) is 11.5 Å². The highest BCUT2D eigenvalue weighted by molar-refractivity contribution is 7.89. The molecule has 0 spiro atoms. The Balaban J connectivity index is 1.59. The average Bonchev–Trinajstić information content (AvgIpc) is 3.18. The summed E-state index contributed by atoms with van der Waals surface area (Å²) in [5.41, 5.74) is 0.316. The predicted octanol–water partition coefficient (Wildman–Crippen LogP) is 5.37. The van der Waals surface area contributed by atoms with E-state index in [1.807, 2.05) is 0 Å². The van der Waals surface area contributed by atoms with Gasteiger partial charge in [0.05, 0.1) is 32.2 Å². The third-order valence-corrected chi connectivity index (χ3v) is 6.29. The fourth-order valence-electron chi connectivity index (χ4n) is 2.38. The van der Waals surface area contributed by atoms with Crippen molar-refractivity contribution in [1.29, 1.82) is 0 Å². The number of nitrogens with one attached hydrogen (secondary N) is 2. The number of furan rings is 1. The maximum atomic E-state index is 12.2. The fourth-order valence-corrected chi connectivity index (χ4v) is 3.99. The molecule has 1 amide bonds. The summed E-state index contributed by atoms with van der Waals surface area (Å²) in [4.78, 5) is 12.3. The van der Waals surface area contributed by atoms with Gasteiger partial charge in [-0.25, -0.2) is 13.1 Å². The summed E-state index contributed by atoms with van der Waals surface area (Å²) in [5, 5.41) is 3.37. The van der Waals surface area contributed by atoms with Crippen molar-refractivity contribution in [3.8, 4) is 0 Å². The number of benzene rings is 2. The molecule has 0 unspecified atom stereocenters. The maximum Gasteiger partial charge on any atom is 0.248 e. The number of rotatable bonds is 7. The van der Waals surface area contributed by atoms with Crippen LogP contribution in [0.15, 0.2) is 70.0 Å². The molecule has 1 aromatic heterocycles. The number of anilines is 1. The molecule has 3 aromatic rings. The van der Waals surface area contributed by atoms with Crippen LogP contribution in [0.25, 0.3) is 6.08 Å². The van der Waals surface area contributed by atoms with Crippen molar-refractivity contribution in [3.05, 3.63) is 87.3 Å². The van der Waals surface area contributed by atoms with Gasteiger partial charge in [-0.05, 0) is 42.5 Å². The Kier molecular flexibility index (Phi) is 7.23. The van der Waals surface area contributed by atoms with Gasteiger partial charge in [-0.15, -0.1) is 0 Å². The summed E-state index contributed by atoms with van der Waals surface area (Å²) in [6.45, 7) is -0.0316. The number of carbonyl (C=O) groups is 1. The standard InChI is InChI=1S/C20H15Cl3N2O4S/c21-16-10-18(23)19(11-17(16)22)25-20(26)9-8-13-6-7-14(29-13)12-24-30(27,28)15-4-2-1-3-5-15/h1-11,24H,12H2,(H,25,26)/b9-8+. The second kappa shape index (κ2) is 9.68. The average molecular weight is 486 g/mol. The van der Waals surface area contributed by atoms with Gasteiger partial charge in [-0.3, -0.25) is 4.79 Å². The molecule has 0 fully saturated rings. The van der Waals surface area contributed by atoms with Crippen LogP contribution in [0.5, 0.6) is 0 Å². The molecule has 3 rings (SSSR count). The van der Waals surface area contributed by atoms with E-state index in [1.165, 1.54) is 36.4 Å². The van der Waals surface area contributed by atoms with E-state index in [0.717, 1.165) is 0 Å². The van der Waals surface area contributed by atoms with Crippen LogP contribution in [0, 0.1) is 0 Å². The lowest BCUT2D eigenvalue weighted by Crippen LogP contribution is -2.22. The molecule has 2 N–H and O–H groups in total. The van der Waals surface area contributed by atoms with E-state index in [1.54, 1.807) is 30.3 Å². The molecule has 10 heteroatoms. The van der Waals surface area contributed by atoms with E-state index < -0.39 is 15.9 Å². The molecule has 0 saturated heterocycles. The minimum absolute atomic E-state index is 0.0316. The Hall–Kier alpha value is -2.29.